The highest BCUT2D eigenvalue weighted by atomic mass is 32.1. The SMILES string of the molecule is CCCCS.CS.CS. The molecule has 0 aromatic heterocycles. The first kappa shape index (κ1) is 16.6. The Balaban J connectivity index is -0.0000000771. The van der Waals surface area contributed by atoms with Gasteiger partial charge in [-0.3, -0.25) is 0 Å². The average Bonchev–Trinajstić information content (AvgIpc) is 1.98. The molecule has 0 radical (unpaired) electrons. The molecule has 0 fully saturated rings. The van der Waals surface area contributed by atoms with Crippen molar-refractivity contribution in [3.8, 4) is 0 Å². The Morgan fingerprint density at radius 1 is 1.00 bits per heavy atom. The quantitative estimate of drug-likeness (QED) is 0.543. The number of hydrogen-bond donors (Lipinski definition) is 3. The van der Waals surface area contributed by atoms with E-state index in [0.29, 0.717) is 0 Å². The normalized spacial score (nSPS) is 6.00. The van der Waals surface area contributed by atoms with Gasteiger partial charge in [0.1, 0.15) is 0 Å². The Morgan fingerprint density at radius 2 is 1.33 bits per heavy atom. The standard InChI is InChI=1S/C4H10S.2CH4S/c1-2-3-4-5;2*1-2/h5H,2-4H2,1H3;2*2H,1H3. The van der Waals surface area contributed by atoms with E-state index in [2.05, 4.69) is 44.8 Å². The summed E-state index contributed by atoms with van der Waals surface area (Å²) in [5.74, 6) is 1.04. The van der Waals surface area contributed by atoms with Crippen LogP contribution in [-0.4, -0.2) is 18.3 Å². The molecule has 0 heterocycles. The summed E-state index contributed by atoms with van der Waals surface area (Å²) in [6, 6.07) is 0. The monoisotopic (exact) mass is 186 g/mol. The largest absolute Gasteiger partial charge is 0.183 e. The van der Waals surface area contributed by atoms with Crippen molar-refractivity contribution in [1.29, 1.82) is 0 Å². The van der Waals surface area contributed by atoms with Crippen molar-refractivity contribution in [2.75, 3.05) is 18.3 Å². The van der Waals surface area contributed by atoms with E-state index in [4.69, 9.17) is 0 Å². The molecule has 0 atom stereocenters. The van der Waals surface area contributed by atoms with E-state index in [-0.39, 0.29) is 0 Å². The Bertz CT molecular complexity index is 15.8. The van der Waals surface area contributed by atoms with Crippen LogP contribution in [0.4, 0.5) is 0 Å². The molecule has 0 bridgehead atoms. The van der Waals surface area contributed by atoms with Crippen LogP contribution in [0.2, 0.25) is 0 Å². The number of unbranched alkanes of at least 4 members (excludes halogenated alkanes) is 1. The molecule has 0 saturated carbocycles. The molecule has 0 amide bonds. The van der Waals surface area contributed by atoms with Crippen LogP contribution in [0.1, 0.15) is 19.8 Å². The van der Waals surface area contributed by atoms with E-state index in [9.17, 15) is 0 Å². The lowest BCUT2D eigenvalue weighted by Crippen LogP contribution is -1.65. The summed E-state index contributed by atoms with van der Waals surface area (Å²) in [6.45, 7) is 2.16. The first-order chi connectivity index (χ1) is 4.41. The molecule has 0 rings (SSSR count). The van der Waals surface area contributed by atoms with E-state index in [1.807, 2.05) is 0 Å². The summed E-state index contributed by atoms with van der Waals surface area (Å²) in [5, 5.41) is 0. The fraction of sp³-hybridized carbons (Fsp3) is 1.00. The van der Waals surface area contributed by atoms with Gasteiger partial charge in [-0.25, -0.2) is 0 Å². The molecule has 0 unspecified atom stereocenters. The third-order valence-electron chi connectivity index (χ3n) is 0.512. The van der Waals surface area contributed by atoms with Gasteiger partial charge in [0.25, 0.3) is 0 Å². The van der Waals surface area contributed by atoms with Crippen LogP contribution in [0.3, 0.4) is 0 Å². The molecule has 0 aliphatic rings. The molecule has 0 aliphatic heterocycles. The predicted molar refractivity (Wildman–Crippen MR) is 58.6 cm³/mol. The Labute approximate surface area is 76.0 Å². The van der Waals surface area contributed by atoms with E-state index < -0.39 is 0 Å². The third-order valence-corrected chi connectivity index (χ3v) is 0.828. The molecule has 3 heteroatoms. The van der Waals surface area contributed by atoms with Crippen molar-refractivity contribution in [2.24, 2.45) is 0 Å². The van der Waals surface area contributed by atoms with Crippen molar-refractivity contribution in [2.45, 2.75) is 19.8 Å². The minimum atomic E-state index is 1.04. The van der Waals surface area contributed by atoms with Crippen LogP contribution >= 0.6 is 37.9 Å². The van der Waals surface area contributed by atoms with E-state index in [0.717, 1.165) is 5.75 Å². The first-order valence-corrected chi connectivity index (χ1v) is 5.34. The van der Waals surface area contributed by atoms with Crippen LogP contribution in [0.15, 0.2) is 0 Å². The maximum atomic E-state index is 4.00. The molecule has 0 saturated heterocycles. The highest BCUT2D eigenvalue weighted by Crippen LogP contribution is 1.85. The highest BCUT2D eigenvalue weighted by molar-refractivity contribution is 7.80. The summed E-state index contributed by atoms with van der Waals surface area (Å²) in [5.41, 5.74) is 0. The van der Waals surface area contributed by atoms with Gasteiger partial charge in [-0.2, -0.15) is 37.9 Å². The second-order valence-electron chi connectivity index (χ2n) is 1.08. The van der Waals surface area contributed by atoms with Crippen LogP contribution in [0, 0.1) is 0 Å². The fourth-order valence-electron chi connectivity index (χ4n) is 0.158. The minimum Gasteiger partial charge on any atom is -0.183 e. The van der Waals surface area contributed by atoms with Gasteiger partial charge in [0.05, 0.1) is 0 Å². The van der Waals surface area contributed by atoms with Crippen molar-refractivity contribution in [1.82, 2.24) is 0 Å². The molecule has 0 N–H and O–H groups in total. The van der Waals surface area contributed by atoms with Crippen LogP contribution in [0.25, 0.3) is 0 Å². The summed E-state index contributed by atoms with van der Waals surface area (Å²) >= 11 is 11.1. The van der Waals surface area contributed by atoms with Gasteiger partial charge in [0, 0.05) is 0 Å². The van der Waals surface area contributed by atoms with Gasteiger partial charge < -0.3 is 0 Å². The summed E-state index contributed by atoms with van der Waals surface area (Å²) in [6.07, 6.45) is 5.91. The van der Waals surface area contributed by atoms with Gasteiger partial charge in [-0.05, 0) is 24.7 Å². The van der Waals surface area contributed by atoms with Gasteiger partial charge in [-0.1, -0.05) is 13.3 Å². The smallest absolute Gasteiger partial charge is 0.00980 e. The maximum Gasteiger partial charge on any atom is -0.00980 e. The zero-order valence-corrected chi connectivity index (χ0v) is 9.15. The minimum absolute atomic E-state index is 1.04. The maximum absolute atomic E-state index is 4.00. The summed E-state index contributed by atoms with van der Waals surface area (Å²) < 4.78 is 0. The van der Waals surface area contributed by atoms with Crippen molar-refractivity contribution in [3.63, 3.8) is 0 Å². The Hall–Kier alpha value is 1.05. The van der Waals surface area contributed by atoms with E-state index in [1.54, 1.807) is 12.5 Å². The van der Waals surface area contributed by atoms with Gasteiger partial charge in [0.15, 0.2) is 0 Å². The zero-order valence-electron chi connectivity index (χ0n) is 6.46. The lowest BCUT2D eigenvalue weighted by molar-refractivity contribution is 0.899. The molecule has 0 aromatic rings. The molecular weight excluding hydrogens is 168 g/mol. The van der Waals surface area contributed by atoms with E-state index >= 15 is 0 Å². The Morgan fingerprint density at radius 3 is 1.33 bits per heavy atom. The van der Waals surface area contributed by atoms with Crippen LogP contribution in [0.5, 0.6) is 0 Å². The molecule has 0 spiro atoms. The second kappa shape index (κ2) is 35.8. The molecule has 60 valence electrons. The van der Waals surface area contributed by atoms with Crippen molar-refractivity contribution >= 4 is 37.9 Å². The molecule has 0 nitrogen and oxygen atoms in total. The van der Waals surface area contributed by atoms with Crippen molar-refractivity contribution < 1.29 is 0 Å². The lowest BCUT2D eigenvalue weighted by Gasteiger charge is -1.78. The molecular formula is C6H18S3. The fourth-order valence-corrected chi connectivity index (χ4v) is 0.474. The van der Waals surface area contributed by atoms with E-state index in [1.165, 1.54) is 12.8 Å². The average molecular weight is 186 g/mol. The Kier molecular flexibility index (Phi) is 65.8. The second-order valence-corrected chi connectivity index (χ2v) is 1.52. The van der Waals surface area contributed by atoms with Crippen LogP contribution < -0.4 is 0 Å². The zero-order chi connectivity index (χ0) is 8.12. The molecule has 0 aromatic carbocycles. The van der Waals surface area contributed by atoms with Gasteiger partial charge in [-0.15, -0.1) is 0 Å². The summed E-state index contributed by atoms with van der Waals surface area (Å²) in [7, 11) is 0. The predicted octanol–water partition coefficient (Wildman–Crippen LogP) is 2.81. The van der Waals surface area contributed by atoms with Gasteiger partial charge >= 0.3 is 0 Å². The number of rotatable bonds is 2. The highest BCUT2D eigenvalue weighted by Gasteiger charge is 1.68. The molecule has 0 aliphatic carbocycles. The van der Waals surface area contributed by atoms with Gasteiger partial charge in [0.2, 0.25) is 0 Å². The van der Waals surface area contributed by atoms with Crippen LogP contribution in [-0.2, 0) is 0 Å². The number of thiol groups is 3. The third kappa shape index (κ3) is 48.4. The topological polar surface area (TPSA) is 0 Å². The summed E-state index contributed by atoms with van der Waals surface area (Å²) in [4.78, 5) is 0. The van der Waals surface area contributed by atoms with Crippen molar-refractivity contribution in [3.05, 3.63) is 0 Å². The first-order valence-electron chi connectivity index (χ1n) is 2.92. The number of hydrogen-bond acceptors (Lipinski definition) is 3. The lowest BCUT2D eigenvalue weighted by atomic mass is 10.4. The molecule has 9 heavy (non-hydrogen) atoms.